The fraction of sp³-hybridized carbons (Fsp3) is 0.469. The van der Waals surface area contributed by atoms with E-state index >= 15 is 0 Å². The number of methoxy groups -OCH3 is 1. The van der Waals surface area contributed by atoms with Gasteiger partial charge in [-0.1, -0.05) is 24.0 Å². The smallest absolute Gasteiger partial charge is 0.410 e. The second-order valence-electron chi connectivity index (χ2n) is 12.0. The number of amides is 1. The zero-order valence-electron chi connectivity index (χ0n) is 25.8. The van der Waals surface area contributed by atoms with Crippen LogP contribution in [0.2, 0.25) is 0 Å². The minimum atomic E-state index is -3.20. The number of piperidine rings is 1. The van der Waals surface area contributed by atoms with E-state index in [-0.39, 0.29) is 29.1 Å². The predicted molar refractivity (Wildman–Crippen MR) is 174 cm³/mol. The lowest BCUT2D eigenvalue weighted by Gasteiger charge is -2.34. The summed E-state index contributed by atoms with van der Waals surface area (Å²) in [6, 6.07) is 10.5. The molecule has 2 heterocycles. The van der Waals surface area contributed by atoms with E-state index in [4.69, 9.17) is 9.47 Å². The maximum Gasteiger partial charge on any atom is 0.410 e. The van der Waals surface area contributed by atoms with Crippen LogP contribution >= 0.6 is 18.5 Å². The first-order chi connectivity index (χ1) is 20.7. The lowest BCUT2D eigenvalue weighted by molar-refractivity contribution is 0.0210. The fourth-order valence-corrected chi connectivity index (χ4v) is 6.97. The molecule has 1 aromatic heterocycles. The molecule has 0 radical (unpaired) electrons. The number of ether oxygens (including phenoxy) is 2. The van der Waals surface area contributed by atoms with Crippen molar-refractivity contribution in [1.29, 1.82) is 0 Å². The fourth-order valence-electron chi connectivity index (χ4n) is 4.92. The Morgan fingerprint density at radius 1 is 1.14 bits per heavy atom. The van der Waals surface area contributed by atoms with Crippen molar-refractivity contribution >= 4 is 51.3 Å². The molecule has 238 valence electrons. The number of fused-ring (bicyclic) bond motifs is 1. The number of hydrogen-bond acceptors (Lipinski definition) is 7. The van der Waals surface area contributed by atoms with Crippen LogP contribution in [0.25, 0.3) is 10.1 Å². The summed E-state index contributed by atoms with van der Waals surface area (Å²) < 4.78 is 66.3. The zero-order chi connectivity index (χ0) is 32.2. The summed E-state index contributed by atoms with van der Waals surface area (Å²) in [5.74, 6) is 6.35. The third-order valence-corrected chi connectivity index (χ3v) is 9.83. The number of likely N-dealkylation sites (tertiary alicyclic amines) is 1. The summed E-state index contributed by atoms with van der Waals surface area (Å²) in [7, 11) is -0.963. The van der Waals surface area contributed by atoms with Gasteiger partial charge in [-0.2, -0.15) is 0 Å². The van der Waals surface area contributed by atoms with Crippen molar-refractivity contribution in [2.24, 2.45) is 0 Å². The van der Waals surface area contributed by atoms with Crippen molar-refractivity contribution in [1.82, 2.24) is 4.90 Å². The SMILES string of the molecule is COc1cc(P(C)(C)=O)ccc1NCC#Cc1sc2c(NC3CCN(C(=O)OC(C)(C)C)CC3)cccc2c1C(F)C(F)F. The molecule has 2 aromatic carbocycles. The van der Waals surface area contributed by atoms with Crippen LogP contribution in [-0.4, -0.2) is 69.1 Å². The second-order valence-corrected chi connectivity index (χ2v) is 16.3. The van der Waals surface area contributed by atoms with E-state index in [0.717, 1.165) is 0 Å². The minimum Gasteiger partial charge on any atom is -0.495 e. The van der Waals surface area contributed by atoms with E-state index in [1.165, 1.54) is 18.4 Å². The van der Waals surface area contributed by atoms with Crippen LogP contribution in [0.5, 0.6) is 5.75 Å². The number of carbonyl (C=O) groups is 1. The molecule has 7 nitrogen and oxygen atoms in total. The average molecular weight is 650 g/mol. The molecule has 4 rings (SSSR count). The van der Waals surface area contributed by atoms with Crippen molar-refractivity contribution in [3.05, 3.63) is 46.8 Å². The zero-order valence-corrected chi connectivity index (χ0v) is 27.5. The van der Waals surface area contributed by atoms with Crippen LogP contribution in [0.4, 0.5) is 29.3 Å². The number of halogens is 3. The van der Waals surface area contributed by atoms with Crippen LogP contribution in [0.3, 0.4) is 0 Å². The highest BCUT2D eigenvalue weighted by molar-refractivity contribution is 7.70. The number of rotatable bonds is 8. The van der Waals surface area contributed by atoms with Gasteiger partial charge in [0.2, 0.25) is 0 Å². The summed E-state index contributed by atoms with van der Waals surface area (Å²) in [5, 5.41) is 7.70. The number of nitrogens with zero attached hydrogens (tertiary/aromatic N) is 1. The van der Waals surface area contributed by atoms with Crippen molar-refractivity contribution < 1.29 is 32.0 Å². The summed E-state index contributed by atoms with van der Waals surface area (Å²) in [4.78, 5) is 14.4. The molecular weight excluding hydrogens is 610 g/mol. The van der Waals surface area contributed by atoms with Crippen LogP contribution in [0.15, 0.2) is 36.4 Å². The predicted octanol–water partition coefficient (Wildman–Crippen LogP) is 7.71. The molecule has 2 N–H and O–H groups in total. The van der Waals surface area contributed by atoms with Crippen molar-refractivity contribution in [3.8, 4) is 17.6 Å². The number of thiophene rings is 1. The first kappa shape index (κ1) is 33.5. The Hall–Kier alpha value is -3.35. The van der Waals surface area contributed by atoms with Crippen LogP contribution in [0.1, 0.15) is 50.2 Å². The Morgan fingerprint density at radius 3 is 2.45 bits per heavy atom. The van der Waals surface area contributed by atoms with Gasteiger partial charge in [-0.3, -0.25) is 0 Å². The van der Waals surface area contributed by atoms with Gasteiger partial charge in [0.25, 0.3) is 6.43 Å². The average Bonchev–Trinajstić information content (AvgIpc) is 3.33. The van der Waals surface area contributed by atoms with Gasteiger partial charge in [0.05, 0.1) is 34.6 Å². The third kappa shape index (κ3) is 8.22. The highest BCUT2D eigenvalue weighted by Gasteiger charge is 2.30. The molecule has 1 saturated heterocycles. The molecule has 3 aromatic rings. The lowest BCUT2D eigenvalue weighted by Crippen LogP contribution is -2.44. The maximum absolute atomic E-state index is 15.0. The molecule has 44 heavy (non-hydrogen) atoms. The molecular formula is C32H39F3N3O4PS. The molecule has 0 saturated carbocycles. The topological polar surface area (TPSA) is 79.9 Å². The maximum atomic E-state index is 15.0. The summed E-state index contributed by atoms with van der Waals surface area (Å²) in [6.07, 6.45) is -4.68. The van der Waals surface area contributed by atoms with E-state index in [1.54, 1.807) is 48.6 Å². The number of benzene rings is 2. The molecule has 12 heteroatoms. The highest BCUT2D eigenvalue weighted by atomic mass is 32.1. The molecule has 1 atom stereocenters. The van der Waals surface area contributed by atoms with Gasteiger partial charge in [-0.15, -0.1) is 11.3 Å². The molecule has 1 aliphatic rings. The Bertz CT molecular complexity index is 1600. The first-order valence-electron chi connectivity index (χ1n) is 14.4. The minimum absolute atomic E-state index is 0.0375. The van der Waals surface area contributed by atoms with E-state index in [9.17, 15) is 22.5 Å². The summed E-state index contributed by atoms with van der Waals surface area (Å²) in [6.45, 7) is 10.0. The van der Waals surface area contributed by atoms with Crippen LogP contribution < -0.4 is 20.7 Å². The van der Waals surface area contributed by atoms with Crippen LogP contribution in [0, 0.1) is 11.8 Å². The van der Waals surface area contributed by atoms with Crippen LogP contribution in [-0.2, 0) is 9.30 Å². The van der Waals surface area contributed by atoms with Crippen molar-refractivity contribution in [2.75, 3.05) is 50.7 Å². The van der Waals surface area contributed by atoms with Gasteiger partial charge in [-0.05, 0) is 71.2 Å². The number of nitrogens with one attached hydrogen (secondary N) is 2. The second kappa shape index (κ2) is 13.7. The Labute approximate surface area is 260 Å². The Kier molecular flexibility index (Phi) is 10.5. The van der Waals surface area contributed by atoms with E-state index in [0.29, 0.717) is 58.4 Å². The number of alkyl halides is 3. The normalized spacial score (nSPS) is 15.1. The Balaban J connectivity index is 1.53. The van der Waals surface area contributed by atoms with Gasteiger partial charge in [0.1, 0.15) is 18.5 Å². The molecule has 1 unspecified atom stereocenters. The van der Waals surface area contributed by atoms with Gasteiger partial charge >= 0.3 is 6.09 Å². The van der Waals surface area contributed by atoms with Crippen molar-refractivity contribution in [3.63, 3.8) is 0 Å². The van der Waals surface area contributed by atoms with E-state index in [2.05, 4.69) is 22.5 Å². The van der Waals surface area contributed by atoms with E-state index in [1.807, 2.05) is 26.8 Å². The largest absolute Gasteiger partial charge is 0.495 e. The molecule has 1 fully saturated rings. The molecule has 0 bridgehead atoms. The van der Waals surface area contributed by atoms with Gasteiger partial charge in [0.15, 0.2) is 6.17 Å². The quantitative estimate of drug-likeness (QED) is 0.192. The molecule has 1 amide bonds. The number of carbonyl (C=O) groups excluding carboxylic acids is 1. The summed E-state index contributed by atoms with van der Waals surface area (Å²) >= 11 is 1.18. The molecule has 1 aliphatic heterocycles. The van der Waals surface area contributed by atoms with Gasteiger partial charge in [0, 0.05) is 35.4 Å². The monoisotopic (exact) mass is 649 g/mol. The molecule has 0 spiro atoms. The number of anilines is 2. The standard InChI is InChI=1S/C32H39F3N3O4PS/c1-32(2,3)42-31(39)38-17-14-20(15-18-38)37-24-10-7-9-22-27(28(33)30(34)35)26(44-29(22)24)11-8-16-36-23-13-12-21(43(5,6)40)19-25(23)41-4/h7,9-10,12-13,19-20,28,30,36-37H,14-18H2,1-6H3. The van der Waals surface area contributed by atoms with E-state index < -0.39 is 25.3 Å². The van der Waals surface area contributed by atoms with Gasteiger partial charge in [-0.25, -0.2) is 18.0 Å². The highest BCUT2D eigenvalue weighted by Crippen LogP contribution is 2.42. The lowest BCUT2D eigenvalue weighted by atomic mass is 10.0. The molecule has 0 aliphatic carbocycles. The summed E-state index contributed by atoms with van der Waals surface area (Å²) in [5.41, 5.74) is 0.665. The number of hydrogen-bond donors (Lipinski definition) is 2. The third-order valence-electron chi connectivity index (χ3n) is 7.13. The first-order valence-corrected chi connectivity index (χ1v) is 17.8. The van der Waals surface area contributed by atoms with Crippen molar-refractivity contribution in [2.45, 2.75) is 57.9 Å². The Morgan fingerprint density at radius 2 is 1.84 bits per heavy atom. The van der Waals surface area contributed by atoms with Gasteiger partial charge < -0.3 is 29.6 Å².